The second-order valence-corrected chi connectivity index (χ2v) is 4.42. The molecule has 0 radical (unpaired) electrons. The van der Waals surface area contributed by atoms with Crippen LogP contribution in [0.15, 0.2) is 30.3 Å². The van der Waals surface area contributed by atoms with E-state index < -0.39 is 8.60 Å². The van der Waals surface area contributed by atoms with Crippen molar-refractivity contribution in [2.24, 2.45) is 0 Å². The average molecular weight is 216 g/mol. The second kappa shape index (κ2) is 6.10. The smallest absolute Gasteiger partial charge is 0.324 e. The number of rotatable bonds is 0. The summed E-state index contributed by atoms with van der Waals surface area (Å²) in [6.45, 7) is 6.67. The lowest BCUT2D eigenvalue weighted by Gasteiger charge is -2.18. The molecule has 3 N–H and O–H groups in total. The van der Waals surface area contributed by atoms with Gasteiger partial charge in [-0.1, -0.05) is 51.1 Å². The fourth-order valence-electron chi connectivity index (χ4n) is 0.938. The standard InChI is InChI=1S/C10H14.H3O3P/c1-10(2,3)9-7-5-4-6-8-9;1-4(2)3/h4-8H,1-3H3;1-3H. The predicted octanol–water partition coefficient (Wildman–Crippen LogP) is 2.17. The Morgan fingerprint density at radius 2 is 1.29 bits per heavy atom. The summed E-state index contributed by atoms with van der Waals surface area (Å²) in [7, 11) is -2.62. The minimum absolute atomic E-state index is 0.293. The van der Waals surface area contributed by atoms with Crippen molar-refractivity contribution >= 4 is 8.60 Å². The van der Waals surface area contributed by atoms with Crippen LogP contribution in [0.4, 0.5) is 0 Å². The Kier molecular flexibility index (Phi) is 5.89. The molecular formula is C10H17O3P. The van der Waals surface area contributed by atoms with Gasteiger partial charge in [-0.15, -0.1) is 0 Å². The lowest BCUT2D eigenvalue weighted by Crippen LogP contribution is -2.10. The molecule has 0 aliphatic rings. The van der Waals surface area contributed by atoms with Crippen molar-refractivity contribution in [3.8, 4) is 0 Å². The quantitative estimate of drug-likeness (QED) is 0.582. The molecule has 14 heavy (non-hydrogen) atoms. The molecule has 1 rings (SSSR count). The van der Waals surface area contributed by atoms with Crippen molar-refractivity contribution < 1.29 is 14.7 Å². The molecule has 3 nitrogen and oxygen atoms in total. The summed E-state index contributed by atoms with van der Waals surface area (Å²) >= 11 is 0. The molecule has 0 spiro atoms. The molecule has 0 saturated heterocycles. The second-order valence-electron chi connectivity index (χ2n) is 3.88. The van der Waals surface area contributed by atoms with Gasteiger partial charge in [0.15, 0.2) is 0 Å². The van der Waals surface area contributed by atoms with E-state index in [2.05, 4.69) is 51.1 Å². The Labute approximate surface area is 86.0 Å². The molecule has 0 aliphatic carbocycles. The zero-order valence-electron chi connectivity index (χ0n) is 8.68. The third-order valence-corrected chi connectivity index (χ3v) is 1.64. The van der Waals surface area contributed by atoms with Crippen LogP contribution in [0.25, 0.3) is 0 Å². The Bertz CT molecular complexity index is 239. The molecule has 0 aromatic heterocycles. The van der Waals surface area contributed by atoms with Gasteiger partial charge in [0.05, 0.1) is 0 Å². The van der Waals surface area contributed by atoms with Gasteiger partial charge in [-0.05, 0) is 11.0 Å². The van der Waals surface area contributed by atoms with Gasteiger partial charge in [0.25, 0.3) is 0 Å². The molecular weight excluding hydrogens is 199 g/mol. The maximum atomic E-state index is 7.23. The van der Waals surface area contributed by atoms with Gasteiger partial charge in [-0.3, -0.25) is 0 Å². The van der Waals surface area contributed by atoms with E-state index in [9.17, 15) is 0 Å². The van der Waals surface area contributed by atoms with Crippen molar-refractivity contribution in [3.63, 3.8) is 0 Å². The number of hydrogen-bond acceptors (Lipinski definition) is 3. The van der Waals surface area contributed by atoms with Crippen molar-refractivity contribution in [1.29, 1.82) is 0 Å². The first kappa shape index (κ1) is 13.5. The third kappa shape index (κ3) is 6.98. The monoisotopic (exact) mass is 216 g/mol. The van der Waals surface area contributed by atoms with Crippen LogP contribution in [0.5, 0.6) is 0 Å². The SMILES string of the molecule is CC(C)(C)c1ccccc1.OP(O)O. The number of benzene rings is 1. The van der Waals surface area contributed by atoms with Crippen LogP contribution in [0.2, 0.25) is 0 Å². The molecule has 0 aliphatic heterocycles. The Hall–Kier alpha value is -0.470. The molecule has 80 valence electrons. The number of hydrogen-bond donors (Lipinski definition) is 3. The average Bonchev–Trinajstić information content (AvgIpc) is 2.03. The van der Waals surface area contributed by atoms with Crippen LogP contribution in [0, 0.1) is 0 Å². The van der Waals surface area contributed by atoms with E-state index in [0.29, 0.717) is 5.41 Å². The summed E-state index contributed by atoms with van der Waals surface area (Å²) in [5, 5.41) is 0. The van der Waals surface area contributed by atoms with Crippen molar-refractivity contribution in [3.05, 3.63) is 35.9 Å². The molecule has 1 aromatic rings. The van der Waals surface area contributed by atoms with Gasteiger partial charge in [-0.25, -0.2) is 0 Å². The zero-order valence-corrected chi connectivity index (χ0v) is 9.57. The van der Waals surface area contributed by atoms with E-state index in [-0.39, 0.29) is 0 Å². The van der Waals surface area contributed by atoms with Gasteiger partial charge in [-0.2, -0.15) is 0 Å². The largest absolute Gasteiger partial charge is 0.328 e. The van der Waals surface area contributed by atoms with Gasteiger partial charge in [0.2, 0.25) is 0 Å². The third-order valence-electron chi connectivity index (χ3n) is 1.64. The summed E-state index contributed by atoms with van der Waals surface area (Å²) in [6, 6.07) is 10.6. The minimum atomic E-state index is -2.62. The highest BCUT2D eigenvalue weighted by Gasteiger charge is 2.11. The molecule has 0 amide bonds. The predicted molar refractivity (Wildman–Crippen MR) is 58.7 cm³/mol. The fraction of sp³-hybridized carbons (Fsp3) is 0.400. The Morgan fingerprint density at radius 1 is 0.929 bits per heavy atom. The highest BCUT2D eigenvalue weighted by Crippen LogP contribution is 2.20. The van der Waals surface area contributed by atoms with Gasteiger partial charge in [0, 0.05) is 0 Å². The van der Waals surface area contributed by atoms with E-state index in [4.69, 9.17) is 14.7 Å². The van der Waals surface area contributed by atoms with Crippen LogP contribution in [0.1, 0.15) is 26.3 Å². The molecule has 0 fully saturated rings. The van der Waals surface area contributed by atoms with E-state index in [0.717, 1.165) is 0 Å². The topological polar surface area (TPSA) is 60.7 Å². The molecule has 1 aromatic carbocycles. The first-order valence-electron chi connectivity index (χ1n) is 4.26. The van der Waals surface area contributed by atoms with Crippen molar-refractivity contribution in [1.82, 2.24) is 0 Å². The lowest BCUT2D eigenvalue weighted by molar-refractivity contribution is 0.368. The highest BCUT2D eigenvalue weighted by molar-refractivity contribution is 7.38. The van der Waals surface area contributed by atoms with E-state index in [1.807, 2.05) is 0 Å². The molecule has 0 unspecified atom stereocenters. The van der Waals surface area contributed by atoms with E-state index in [1.54, 1.807) is 0 Å². The summed E-state index contributed by atoms with van der Waals surface area (Å²) in [5.74, 6) is 0. The molecule has 0 atom stereocenters. The summed E-state index contributed by atoms with van der Waals surface area (Å²) in [4.78, 5) is 21.7. The normalized spacial score (nSPS) is 10.8. The lowest BCUT2D eigenvalue weighted by atomic mass is 9.87. The Morgan fingerprint density at radius 3 is 1.50 bits per heavy atom. The van der Waals surface area contributed by atoms with Crippen LogP contribution in [-0.2, 0) is 5.41 Å². The van der Waals surface area contributed by atoms with E-state index in [1.165, 1.54) is 5.56 Å². The maximum Gasteiger partial charge on any atom is 0.324 e. The molecule has 0 bridgehead atoms. The summed E-state index contributed by atoms with van der Waals surface area (Å²) in [5.41, 5.74) is 1.69. The van der Waals surface area contributed by atoms with Crippen molar-refractivity contribution in [2.75, 3.05) is 0 Å². The minimum Gasteiger partial charge on any atom is -0.328 e. The summed E-state index contributed by atoms with van der Waals surface area (Å²) in [6.07, 6.45) is 0. The van der Waals surface area contributed by atoms with Crippen molar-refractivity contribution in [2.45, 2.75) is 26.2 Å². The first-order chi connectivity index (χ1) is 6.34. The molecule has 0 saturated carbocycles. The van der Waals surface area contributed by atoms with Gasteiger partial charge >= 0.3 is 8.60 Å². The highest BCUT2D eigenvalue weighted by atomic mass is 31.2. The molecule has 0 heterocycles. The van der Waals surface area contributed by atoms with Gasteiger partial charge in [0.1, 0.15) is 0 Å². The van der Waals surface area contributed by atoms with E-state index >= 15 is 0 Å². The fourth-order valence-corrected chi connectivity index (χ4v) is 0.938. The Balaban J connectivity index is 0.000000364. The maximum absolute atomic E-state index is 7.23. The molecule has 4 heteroatoms. The van der Waals surface area contributed by atoms with Crippen LogP contribution < -0.4 is 0 Å². The summed E-state index contributed by atoms with van der Waals surface area (Å²) < 4.78 is 0. The van der Waals surface area contributed by atoms with Crippen LogP contribution in [0.3, 0.4) is 0 Å². The van der Waals surface area contributed by atoms with Crippen LogP contribution >= 0.6 is 8.60 Å². The van der Waals surface area contributed by atoms with Gasteiger partial charge < -0.3 is 14.7 Å². The first-order valence-corrected chi connectivity index (χ1v) is 5.46. The van der Waals surface area contributed by atoms with Crippen LogP contribution in [-0.4, -0.2) is 14.7 Å². The zero-order chi connectivity index (χ0) is 11.2.